The standard InChI is InChI=1S/C21H32N8O2.CH2O2/c1-13-9-8-10-14-15(13)28(12-11-21(5,6)22)19(31)29(14)18(30)23-16(20(2,3)4)17-24-26-27(7)25-17;2-1-3/h8-10,16H,11-12,22H2,1-7H3,(H,23,30);1H,(H,2,3)/t16-;/m1./s1. The molecule has 1 amide bonds. The van der Waals surface area contributed by atoms with Crippen molar-refractivity contribution in [1.29, 1.82) is 0 Å². The van der Waals surface area contributed by atoms with E-state index in [1.165, 1.54) is 9.36 Å². The molecule has 12 heteroatoms. The van der Waals surface area contributed by atoms with E-state index in [4.69, 9.17) is 15.6 Å². The zero-order valence-electron chi connectivity index (χ0n) is 20.7. The molecule has 0 aliphatic heterocycles. The van der Waals surface area contributed by atoms with Gasteiger partial charge in [-0.05, 0) is 49.5 Å². The molecule has 0 bridgehead atoms. The van der Waals surface area contributed by atoms with E-state index in [0.717, 1.165) is 11.1 Å². The number of nitrogens with zero attached hydrogens (tertiary/aromatic N) is 6. The molecule has 0 spiro atoms. The Morgan fingerprint density at radius 3 is 2.38 bits per heavy atom. The fraction of sp³-hybridized carbons (Fsp3) is 0.545. The minimum absolute atomic E-state index is 0.250. The number of hydrogen-bond donors (Lipinski definition) is 3. The number of fused-ring (bicyclic) bond motifs is 1. The van der Waals surface area contributed by atoms with Crippen LogP contribution in [0, 0.1) is 12.3 Å². The van der Waals surface area contributed by atoms with E-state index in [9.17, 15) is 9.59 Å². The number of nitrogens with two attached hydrogens (primary N) is 1. The lowest BCUT2D eigenvalue weighted by molar-refractivity contribution is -0.122. The molecule has 0 aliphatic carbocycles. The van der Waals surface area contributed by atoms with Crippen molar-refractivity contribution in [2.24, 2.45) is 18.2 Å². The highest BCUT2D eigenvalue weighted by molar-refractivity contribution is 5.91. The van der Waals surface area contributed by atoms with Gasteiger partial charge in [0.25, 0.3) is 6.47 Å². The third kappa shape index (κ3) is 6.07. The summed E-state index contributed by atoms with van der Waals surface area (Å²) in [5.74, 6) is 0.390. The number of aryl methyl sites for hydroxylation is 3. The maximum absolute atomic E-state index is 13.4. The molecule has 0 saturated carbocycles. The predicted octanol–water partition coefficient (Wildman–Crippen LogP) is 1.81. The van der Waals surface area contributed by atoms with Gasteiger partial charge in [-0.2, -0.15) is 4.80 Å². The van der Waals surface area contributed by atoms with Crippen LogP contribution in [0.25, 0.3) is 11.0 Å². The van der Waals surface area contributed by atoms with Crippen LogP contribution in [0.15, 0.2) is 23.0 Å². The first-order valence-corrected chi connectivity index (χ1v) is 10.8. The summed E-state index contributed by atoms with van der Waals surface area (Å²) in [4.78, 5) is 36.4. The van der Waals surface area contributed by atoms with Crippen LogP contribution in [0.3, 0.4) is 0 Å². The summed E-state index contributed by atoms with van der Waals surface area (Å²) in [6.45, 7) is 11.8. The molecule has 34 heavy (non-hydrogen) atoms. The largest absolute Gasteiger partial charge is 0.483 e. The molecule has 1 aromatic carbocycles. The van der Waals surface area contributed by atoms with Crippen molar-refractivity contribution >= 4 is 23.5 Å². The maximum atomic E-state index is 13.4. The Labute approximate surface area is 197 Å². The van der Waals surface area contributed by atoms with Crippen molar-refractivity contribution in [3.05, 3.63) is 40.1 Å². The molecule has 0 unspecified atom stereocenters. The molecule has 1 atom stereocenters. The Hall–Kier alpha value is -3.54. The molecule has 0 saturated heterocycles. The topological polar surface area (TPSA) is 163 Å². The second-order valence-corrected chi connectivity index (χ2v) is 9.94. The van der Waals surface area contributed by atoms with Crippen LogP contribution in [0.1, 0.15) is 58.5 Å². The summed E-state index contributed by atoms with van der Waals surface area (Å²) < 4.78 is 2.81. The predicted molar refractivity (Wildman–Crippen MR) is 127 cm³/mol. The first-order chi connectivity index (χ1) is 15.7. The van der Waals surface area contributed by atoms with Crippen LogP contribution in [0.2, 0.25) is 0 Å². The lowest BCUT2D eigenvalue weighted by Gasteiger charge is -2.28. The number of rotatable bonds is 5. The van der Waals surface area contributed by atoms with E-state index < -0.39 is 28.7 Å². The third-order valence-electron chi connectivity index (χ3n) is 5.25. The van der Waals surface area contributed by atoms with Crippen LogP contribution in [-0.4, -0.2) is 52.5 Å². The normalized spacial score (nSPS) is 12.7. The lowest BCUT2D eigenvalue weighted by atomic mass is 9.86. The second-order valence-electron chi connectivity index (χ2n) is 9.94. The first kappa shape index (κ1) is 26.7. The van der Waals surface area contributed by atoms with Gasteiger partial charge in [0, 0.05) is 12.1 Å². The van der Waals surface area contributed by atoms with E-state index >= 15 is 0 Å². The minimum Gasteiger partial charge on any atom is -0.483 e. The van der Waals surface area contributed by atoms with Crippen molar-refractivity contribution in [1.82, 2.24) is 34.7 Å². The zero-order valence-corrected chi connectivity index (χ0v) is 20.7. The molecule has 186 valence electrons. The first-order valence-electron chi connectivity index (χ1n) is 10.8. The average Bonchev–Trinajstić information content (AvgIpc) is 3.24. The number of imidazole rings is 1. The Bertz CT molecular complexity index is 1210. The van der Waals surface area contributed by atoms with Crippen LogP contribution in [-0.2, 0) is 18.4 Å². The Balaban J connectivity index is 0.00000129. The van der Waals surface area contributed by atoms with Crippen molar-refractivity contribution in [2.45, 2.75) is 66.1 Å². The number of carbonyl (C=O) groups is 2. The summed E-state index contributed by atoms with van der Waals surface area (Å²) in [5, 5.41) is 22.0. The Kier molecular flexibility index (Phi) is 7.98. The van der Waals surface area contributed by atoms with Crippen molar-refractivity contribution in [2.75, 3.05) is 0 Å². The fourth-order valence-electron chi connectivity index (χ4n) is 3.57. The Morgan fingerprint density at radius 1 is 1.26 bits per heavy atom. The SMILES string of the molecule is Cc1cccc2c1n(CCC(C)(C)N)c(=O)n2C(=O)N[C@H](c1nnn(C)n1)C(C)(C)C.O=CO. The molecule has 0 radical (unpaired) electrons. The average molecular weight is 475 g/mol. The zero-order chi connectivity index (χ0) is 25.8. The highest BCUT2D eigenvalue weighted by Gasteiger charge is 2.33. The van der Waals surface area contributed by atoms with Crippen molar-refractivity contribution in [3.63, 3.8) is 0 Å². The molecule has 4 N–H and O–H groups in total. The number of nitrogens with one attached hydrogen (secondary N) is 1. The van der Waals surface area contributed by atoms with Crippen molar-refractivity contribution < 1.29 is 14.7 Å². The van der Waals surface area contributed by atoms with Gasteiger partial charge >= 0.3 is 11.7 Å². The summed E-state index contributed by atoms with van der Waals surface area (Å²) in [6, 6.07) is 4.48. The van der Waals surface area contributed by atoms with E-state index in [1.807, 2.05) is 53.7 Å². The third-order valence-corrected chi connectivity index (χ3v) is 5.25. The molecule has 0 aliphatic rings. The monoisotopic (exact) mass is 474 g/mol. The van der Waals surface area contributed by atoms with Crippen LogP contribution in [0.5, 0.6) is 0 Å². The summed E-state index contributed by atoms with van der Waals surface area (Å²) in [6.07, 6.45) is 0.593. The van der Waals surface area contributed by atoms with Gasteiger partial charge in [-0.1, -0.05) is 32.9 Å². The van der Waals surface area contributed by atoms with Gasteiger partial charge in [0.1, 0.15) is 0 Å². The van der Waals surface area contributed by atoms with E-state index in [1.54, 1.807) is 17.7 Å². The van der Waals surface area contributed by atoms with Gasteiger partial charge in [0.2, 0.25) is 0 Å². The summed E-state index contributed by atoms with van der Waals surface area (Å²) in [5.41, 5.74) is 7.10. The number of carbonyl (C=O) groups excluding carboxylic acids is 1. The second kappa shape index (κ2) is 10.2. The Morgan fingerprint density at radius 2 is 1.88 bits per heavy atom. The van der Waals surface area contributed by atoms with Crippen LogP contribution in [0.4, 0.5) is 4.79 Å². The van der Waals surface area contributed by atoms with Gasteiger partial charge in [-0.3, -0.25) is 9.36 Å². The van der Waals surface area contributed by atoms with Gasteiger partial charge in [0.05, 0.1) is 24.1 Å². The van der Waals surface area contributed by atoms with Gasteiger partial charge < -0.3 is 16.2 Å². The number of para-hydroxylation sites is 1. The van der Waals surface area contributed by atoms with E-state index in [2.05, 4.69) is 20.7 Å². The number of aromatic nitrogens is 6. The van der Waals surface area contributed by atoms with Gasteiger partial charge in [-0.15, -0.1) is 10.2 Å². The van der Waals surface area contributed by atoms with Gasteiger partial charge in [0.15, 0.2) is 5.82 Å². The number of tetrazole rings is 1. The fourth-order valence-corrected chi connectivity index (χ4v) is 3.57. The van der Waals surface area contributed by atoms with E-state index in [0.29, 0.717) is 24.3 Å². The molecule has 2 heterocycles. The van der Waals surface area contributed by atoms with Gasteiger partial charge in [-0.25, -0.2) is 14.2 Å². The van der Waals surface area contributed by atoms with Crippen LogP contribution >= 0.6 is 0 Å². The lowest BCUT2D eigenvalue weighted by Crippen LogP contribution is -2.43. The number of hydrogen-bond acceptors (Lipinski definition) is 7. The molecular weight excluding hydrogens is 440 g/mol. The molecule has 3 rings (SSSR count). The highest BCUT2D eigenvalue weighted by Crippen LogP contribution is 2.30. The minimum atomic E-state index is -0.535. The smallest absolute Gasteiger partial charge is 0.337 e. The molecule has 2 aromatic heterocycles. The number of benzene rings is 1. The molecule has 0 fully saturated rings. The van der Waals surface area contributed by atoms with Crippen molar-refractivity contribution in [3.8, 4) is 0 Å². The maximum Gasteiger partial charge on any atom is 0.337 e. The quantitative estimate of drug-likeness (QED) is 0.471. The highest BCUT2D eigenvalue weighted by atomic mass is 16.3. The molecule has 12 nitrogen and oxygen atoms in total. The molecule has 3 aromatic rings. The number of carboxylic acid groups (broad SMARTS) is 1. The molecular formula is C22H34N8O4. The number of amides is 1. The van der Waals surface area contributed by atoms with E-state index in [-0.39, 0.29) is 6.47 Å². The van der Waals surface area contributed by atoms with Crippen LogP contribution < -0.4 is 16.7 Å². The summed E-state index contributed by atoms with van der Waals surface area (Å²) in [7, 11) is 1.66. The summed E-state index contributed by atoms with van der Waals surface area (Å²) >= 11 is 0.